The van der Waals surface area contributed by atoms with Crippen LogP contribution in [0.2, 0.25) is 0 Å². The Morgan fingerprint density at radius 2 is 2.04 bits per heavy atom. The van der Waals surface area contributed by atoms with Gasteiger partial charge in [-0.3, -0.25) is 9.69 Å². The fraction of sp³-hybridized carbons (Fsp3) is 0.600. The summed E-state index contributed by atoms with van der Waals surface area (Å²) in [6.45, 7) is 9.90. The first-order valence-corrected chi connectivity index (χ1v) is 10.2. The zero-order valence-corrected chi connectivity index (χ0v) is 17.4. The highest BCUT2D eigenvalue weighted by atomic mass is 32.1. The summed E-state index contributed by atoms with van der Waals surface area (Å²) in [6, 6.07) is 4.58. The highest BCUT2D eigenvalue weighted by Crippen LogP contribution is 2.30. The van der Waals surface area contributed by atoms with E-state index in [2.05, 4.69) is 53.4 Å². The predicted octanol–water partition coefficient (Wildman–Crippen LogP) is 2.30. The standard InChI is InChI=1S/C20H31N5OS/c1-13-9-17(15(3)18(10-13)22-20(27)23-21)12-24-7-8-25(14(2)11-24)19(26)16-5-4-6-16/h9-10,14,16H,4-8,11-12,21H2,1-3H3,(H2,22,23,27)/t14-/m0/s1. The molecule has 2 fully saturated rings. The van der Waals surface area contributed by atoms with Crippen molar-refractivity contribution in [2.45, 2.75) is 52.6 Å². The highest BCUT2D eigenvalue weighted by molar-refractivity contribution is 7.80. The molecule has 1 heterocycles. The van der Waals surface area contributed by atoms with Crippen molar-refractivity contribution in [3.8, 4) is 0 Å². The lowest BCUT2D eigenvalue weighted by Crippen LogP contribution is -2.55. The fourth-order valence-corrected chi connectivity index (χ4v) is 4.13. The molecule has 1 aliphatic carbocycles. The van der Waals surface area contributed by atoms with Gasteiger partial charge in [0.15, 0.2) is 5.11 Å². The van der Waals surface area contributed by atoms with Crippen LogP contribution in [-0.4, -0.2) is 46.5 Å². The molecule has 0 aromatic heterocycles. The van der Waals surface area contributed by atoms with E-state index < -0.39 is 0 Å². The van der Waals surface area contributed by atoms with Gasteiger partial charge in [-0.25, -0.2) is 5.84 Å². The summed E-state index contributed by atoms with van der Waals surface area (Å²) in [7, 11) is 0. The summed E-state index contributed by atoms with van der Waals surface area (Å²) < 4.78 is 0. The molecule has 1 aromatic carbocycles. The van der Waals surface area contributed by atoms with Crippen molar-refractivity contribution in [3.05, 3.63) is 28.8 Å². The number of anilines is 1. The number of piperazine rings is 1. The summed E-state index contributed by atoms with van der Waals surface area (Å²) in [6.07, 6.45) is 3.35. The Labute approximate surface area is 167 Å². The largest absolute Gasteiger partial charge is 0.337 e. The van der Waals surface area contributed by atoms with Gasteiger partial charge in [-0.1, -0.05) is 12.5 Å². The Kier molecular flexibility index (Phi) is 6.34. The van der Waals surface area contributed by atoms with E-state index in [0.29, 0.717) is 11.0 Å². The Bertz CT molecular complexity index is 719. The number of aryl methyl sites for hydroxylation is 1. The summed E-state index contributed by atoms with van der Waals surface area (Å²) in [4.78, 5) is 17.1. The van der Waals surface area contributed by atoms with Gasteiger partial charge < -0.3 is 15.6 Å². The fourth-order valence-electron chi connectivity index (χ4n) is 4.02. The maximum Gasteiger partial charge on any atom is 0.226 e. The number of carbonyl (C=O) groups excluding carboxylic acids is 1. The molecule has 1 atom stereocenters. The van der Waals surface area contributed by atoms with Crippen molar-refractivity contribution in [2.75, 3.05) is 25.0 Å². The summed E-state index contributed by atoms with van der Waals surface area (Å²) in [5, 5.41) is 3.57. The average Bonchev–Trinajstić information content (AvgIpc) is 2.57. The van der Waals surface area contributed by atoms with E-state index in [0.717, 1.165) is 44.7 Å². The highest BCUT2D eigenvalue weighted by Gasteiger charge is 2.34. The van der Waals surface area contributed by atoms with Crippen LogP contribution in [-0.2, 0) is 11.3 Å². The van der Waals surface area contributed by atoms with Gasteiger partial charge in [0.25, 0.3) is 0 Å². The minimum Gasteiger partial charge on any atom is -0.337 e. The zero-order valence-electron chi connectivity index (χ0n) is 16.5. The Balaban J connectivity index is 1.65. The van der Waals surface area contributed by atoms with Gasteiger partial charge in [-0.05, 0) is 68.6 Å². The second kappa shape index (κ2) is 8.54. The number of hydrogen-bond acceptors (Lipinski definition) is 4. The first-order chi connectivity index (χ1) is 12.9. The Morgan fingerprint density at radius 1 is 1.30 bits per heavy atom. The van der Waals surface area contributed by atoms with E-state index >= 15 is 0 Å². The van der Waals surface area contributed by atoms with E-state index in [1.54, 1.807) is 0 Å². The molecule has 27 heavy (non-hydrogen) atoms. The first kappa shape index (κ1) is 20.0. The molecule has 148 valence electrons. The van der Waals surface area contributed by atoms with Crippen LogP contribution in [0.4, 0.5) is 5.69 Å². The van der Waals surface area contributed by atoms with Gasteiger partial charge in [0.1, 0.15) is 0 Å². The quantitative estimate of drug-likeness (QED) is 0.417. The maximum absolute atomic E-state index is 12.6. The number of carbonyl (C=O) groups is 1. The number of hydrogen-bond donors (Lipinski definition) is 3. The maximum atomic E-state index is 12.6. The molecule has 6 nitrogen and oxygen atoms in total. The van der Waals surface area contributed by atoms with Crippen LogP contribution >= 0.6 is 12.2 Å². The van der Waals surface area contributed by atoms with Gasteiger partial charge in [-0.2, -0.15) is 0 Å². The van der Waals surface area contributed by atoms with Crippen molar-refractivity contribution in [1.82, 2.24) is 15.2 Å². The molecular formula is C20H31N5OS. The number of nitrogens with zero attached hydrogens (tertiary/aromatic N) is 2. The van der Waals surface area contributed by atoms with E-state index in [-0.39, 0.29) is 12.0 Å². The van der Waals surface area contributed by atoms with Crippen LogP contribution in [0.3, 0.4) is 0 Å². The lowest BCUT2D eigenvalue weighted by atomic mass is 9.84. The van der Waals surface area contributed by atoms with Crippen LogP contribution in [0.1, 0.15) is 42.9 Å². The predicted molar refractivity (Wildman–Crippen MR) is 113 cm³/mol. The van der Waals surface area contributed by atoms with E-state index in [1.165, 1.54) is 23.1 Å². The number of nitrogens with one attached hydrogen (secondary N) is 2. The molecule has 0 bridgehead atoms. The lowest BCUT2D eigenvalue weighted by Gasteiger charge is -2.42. The van der Waals surface area contributed by atoms with Crippen LogP contribution < -0.4 is 16.6 Å². The number of thiocarbonyl (C=S) groups is 1. The van der Waals surface area contributed by atoms with Crippen molar-refractivity contribution < 1.29 is 4.79 Å². The number of nitrogens with two attached hydrogens (primary N) is 1. The Morgan fingerprint density at radius 3 is 2.63 bits per heavy atom. The number of rotatable bonds is 4. The van der Waals surface area contributed by atoms with Crippen LogP contribution in [0.25, 0.3) is 0 Å². The molecule has 1 amide bonds. The molecule has 0 unspecified atom stereocenters. The molecule has 7 heteroatoms. The Hall–Kier alpha value is -1.70. The molecule has 0 spiro atoms. The molecule has 3 rings (SSSR count). The van der Waals surface area contributed by atoms with Gasteiger partial charge in [0, 0.05) is 43.8 Å². The third-order valence-electron chi connectivity index (χ3n) is 5.88. The topological polar surface area (TPSA) is 73.6 Å². The van der Waals surface area contributed by atoms with Gasteiger partial charge in [-0.15, -0.1) is 0 Å². The third-order valence-corrected chi connectivity index (χ3v) is 6.10. The molecule has 2 aliphatic rings. The molecule has 1 aromatic rings. The molecule has 1 saturated carbocycles. The summed E-state index contributed by atoms with van der Waals surface area (Å²) in [5.74, 6) is 6.04. The number of amides is 1. The average molecular weight is 390 g/mol. The monoisotopic (exact) mass is 389 g/mol. The van der Waals surface area contributed by atoms with Crippen LogP contribution in [0.15, 0.2) is 12.1 Å². The van der Waals surface area contributed by atoms with Crippen molar-refractivity contribution >= 4 is 28.9 Å². The third kappa shape index (κ3) is 4.59. The van der Waals surface area contributed by atoms with E-state index in [1.807, 2.05) is 0 Å². The zero-order chi connectivity index (χ0) is 19.6. The summed E-state index contributed by atoms with van der Waals surface area (Å²) >= 11 is 5.14. The van der Waals surface area contributed by atoms with Crippen LogP contribution in [0.5, 0.6) is 0 Å². The first-order valence-electron chi connectivity index (χ1n) is 9.79. The lowest BCUT2D eigenvalue weighted by molar-refractivity contribution is -0.142. The van der Waals surface area contributed by atoms with Crippen molar-refractivity contribution in [1.29, 1.82) is 0 Å². The molecule has 0 radical (unpaired) electrons. The van der Waals surface area contributed by atoms with Crippen LogP contribution in [0, 0.1) is 19.8 Å². The van der Waals surface area contributed by atoms with E-state index in [9.17, 15) is 4.79 Å². The van der Waals surface area contributed by atoms with Gasteiger partial charge >= 0.3 is 0 Å². The summed E-state index contributed by atoms with van der Waals surface area (Å²) in [5.41, 5.74) is 7.10. The second-order valence-corrected chi connectivity index (χ2v) is 8.35. The minimum atomic E-state index is 0.267. The molecule has 1 saturated heterocycles. The van der Waals surface area contributed by atoms with Crippen molar-refractivity contribution in [3.63, 3.8) is 0 Å². The number of benzene rings is 1. The van der Waals surface area contributed by atoms with Gasteiger partial charge in [0.05, 0.1) is 0 Å². The number of hydrazine groups is 1. The van der Waals surface area contributed by atoms with Crippen molar-refractivity contribution in [2.24, 2.45) is 11.8 Å². The minimum absolute atomic E-state index is 0.267. The molecule has 4 N–H and O–H groups in total. The smallest absolute Gasteiger partial charge is 0.226 e. The SMILES string of the molecule is Cc1cc(CN2CCN(C(=O)C3CCC3)[C@@H](C)C2)c(C)c(NC(=S)NN)c1. The van der Waals surface area contributed by atoms with Gasteiger partial charge in [0.2, 0.25) is 5.91 Å². The molecular weight excluding hydrogens is 358 g/mol. The second-order valence-electron chi connectivity index (χ2n) is 7.94. The van der Waals surface area contributed by atoms with E-state index in [4.69, 9.17) is 18.1 Å². The normalized spacial score (nSPS) is 20.9. The molecule has 1 aliphatic heterocycles.